The molecule has 0 radical (unpaired) electrons. The number of hydrogen-bond donors (Lipinski definition) is 7. The molecule has 0 rings (SSSR count). The van der Waals surface area contributed by atoms with Gasteiger partial charge in [0.05, 0.1) is 12.6 Å². The Morgan fingerprint density at radius 2 is 1.55 bits per heavy atom. The number of hydrogen-bond acceptors (Lipinski definition) is 7. The molecular weight excluding hydrogens is 410 g/mol. The van der Waals surface area contributed by atoms with E-state index in [9.17, 15) is 29.1 Å². The topological polar surface area (TPSA) is 214 Å². The van der Waals surface area contributed by atoms with E-state index in [1.807, 2.05) is 13.8 Å². The summed E-state index contributed by atoms with van der Waals surface area (Å²) in [6.45, 7) is 3.63. The number of carbonyl (C=O) groups is 5. The first-order valence-electron chi connectivity index (χ1n) is 10.3. The number of carboxylic acid groups (broad SMARTS) is 2. The maximum Gasteiger partial charge on any atom is 0.326 e. The first-order chi connectivity index (χ1) is 14.5. The predicted octanol–water partition coefficient (Wildman–Crippen LogP) is -1.48. The van der Waals surface area contributed by atoms with Crippen molar-refractivity contribution in [2.24, 2.45) is 17.4 Å². The third kappa shape index (κ3) is 13.2. The summed E-state index contributed by atoms with van der Waals surface area (Å²) in [5.74, 6) is -4.22. The van der Waals surface area contributed by atoms with Crippen LogP contribution in [0, 0.1) is 5.92 Å². The zero-order chi connectivity index (χ0) is 24.0. The van der Waals surface area contributed by atoms with Crippen LogP contribution in [0.5, 0.6) is 0 Å². The number of aliphatic carboxylic acids is 2. The number of nitrogens with two attached hydrogens (primary N) is 2. The summed E-state index contributed by atoms with van der Waals surface area (Å²) in [5, 5.41) is 25.1. The number of rotatable bonds is 16. The molecule has 0 aliphatic rings. The molecule has 0 heterocycles. The summed E-state index contributed by atoms with van der Waals surface area (Å²) in [6, 6.07) is -3.16. The minimum atomic E-state index is -1.18. The zero-order valence-corrected chi connectivity index (χ0v) is 18.1. The van der Waals surface area contributed by atoms with Gasteiger partial charge in [0.15, 0.2) is 0 Å². The third-order valence-electron chi connectivity index (χ3n) is 4.35. The summed E-state index contributed by atoms with van der Waals surface area (Å²) >= 11 is 0. The molecule has 3 amide bonds. The van der Waals surface area contributed by atoms with Gasteiger partial charge in [-0.3, -0.25) is 19.2 Å². The molecule has 0 aromatic carbocycles. The smallest absolute Gasteiger partial charge is 0.326 e. The summed E-state index contributed by atoms with van der Waals surface area (Å²) < 4.78 is 0. The van der Waals surface area contributed by atoms with Crippen LogP contribution in [0.3, 0.4) is 0 Å². The highest BCUT2D eigenvalue weighted by Gasteiger charge is 2.27. The molecule has 0 spiro atoms. The van der Waals surface area contributed by atoms with Crippen molar-refractivity contribution in [3.05, 3.63) is 0 Å². The van der Waals surface area contributed by atoms with Crippen LogP contribution in [-0.2, 0) is 24.0 Å². The van der Waals surface area contributed by atoms with E-state index in [2.05, 4.69) is 16.0 Å². The summed E-state index contributed by atoms with van der Waals surface area (Å²) in [6.07, 6.45) is 1.27. The first-order valence-corrected chi connectivity index (χ1v) is 10.3. The molecule has 0 aliphatic heterocycles. The second-order valence-electron chi connectivity index (χ2n) is 7.69. The highest BCUT2D eigenvalue weighted by Crippen LogP contribution is 2.07. The van der Waals surface area contributed by atoms with E-state index in [0.717, 1.165) is 0 Å². The molecule has 31 heavy (non-hydrogen) atoms. The van der Waals surface area contributed by atoms with Gasteiger partial charge >= 0.3 is 11.9 Å². The van der Waals surface area contributed by atoms with Crippen molar-refractivity contribution >= 4 is 29.7 Å². The van der Waals surface area contributed by atoms with Crippen molar-refractivity contribution in [2.45, 2.75) is 70.5 Å². The van der Waals surface area contributed by atoms with Crippen LogP contribution in [0.25, 0.3) is 0 Å². The van der Waals surface area contributed by atoms with Gasteiger partial charge in [-0.1, -0.05) is 13.8 Å². The standard InChI is InChI=1S/C19H35N5O7/c1-11(2)9-14(18(29)24-13(19(30)31)5-3-4-8-20)23-15(25)10-22-17(28)12(21)6-7-16(26)27/h11-14H,3-10,20-21H2,1-2H3,(H,22,28)(H,23,25)(H,24,29)(H,26,27)(H,30,31). The lowest BCUT2D eigenvalue weighted by atomic mass is 10.0. The maximum atomic E-state index is 12.6. The van der Waals surface area contributed by atoms with Gasteiger partial charge in [-0.25, -0.2) is 4.79 Å². The van der Waals surface area contributed by atoms with E-state index in [4.69, 9.17) is 16.6 Å². The minimum Gasteiger partial charge on any atom is -0.481 e. The molecule has 0 bridgehead atoms. The highest BCUT2D eigenvalue weighted by molar-refractivity contribution is 5.92. The highest BCUT2D eigenvalue weighted by atomic mass is 16.4. The fraction of sp³-hybridized carbons (Fsp3) is 0.737. The van der Waals surface area contributed by atoms with Crippen LogP contribution < -0.4 is 27.4 Å². The van der Waals surface area contributed by atoms with E-state index in [1.165, 1.54) is 0 Å². The molecule has 0 saturated carbocycles. The third-order valence-corrected chi connectivity index (χ3v) is 4.35. The van der Waals surface area contributed by atoms with E-state index < -0.39 is 54.3 Å². The molecule has 0 aliphatic carbocycles. The molecule has 178 valence electrons. The number of nitrogens with one attached hydrogen (secondary N) is 3. The lowest BCUT2D eigenvalue weighted by Crippen LogP contribution is -2.54. The first kappa shape index (κ1) is 28.3. The number of carbonyl (C=O) groups excluding carboxylic acids is 3. The fourth-order valence-electron chi connectivity index (χ4n) is 2.68. The Labute approximate surface area is 181 Å². The van der Waals surface area contributed by atoms with Gasteiger partial charge in [0.25, 0.3) is 0 Å². The van der Waals surface area contributed by atoms with Crippen LogP contribution in [0.2, 0.25) is 0 Å². The quantitative estimate of drug-likeness (QED) is 0.138. The molecule has 0 aromatic heterocycles. The fourth-order valence-corrected chi connectivity index (χ4v) is 2.68. The molecule has 3 unspecified atom stereocenters. The number of unbranched alkanes of at least 4 members (excludes halogenated alkanes) is 1. The number of amides is 3. The van der Waals surface area contributed by atoms with Crippen LogP contribution in [0.15, 0.2) is 0 Å². The Balaban J connectivity index is 4.82. The largest absolute Gasteiger partial charge is 0.481 e. The number of carboxylic acids is 2. The van der Waals surface area contributed by atoms with E-state index in [1.54, 1.807) is 0 Å². The Kier molecular flexibility index (Phi) is 13.8. The Hall–Kier alpha value is -2.73. The van der Waals surface area contributed by atoms with Crippen LogP contribution in [0.4, 0.5) is 0 Å². The predicted molar refractivity (Wildman–Crippen MR) is 112 cm³/mol. The second kappa shape index (κ2) is 15.1. The molecule has 0 saturated heterocycles. The molecule has 0 fully saturated rings. The summed E-state index contributed by atoms with van der Waals surface area (Å²) in [5.41, 5.74) is 11.0. The van der Waals surface area contributed by atoms with Crippen molar-refractivity contribution < 1.29 is 34.2 Å². The molecule has 12 nitrogen and oxygen atoms in total. The Morgan fingerprint density at radius 1 is 0.903 bits per heavy atom. The molecule has 0 aromatic rings. The van der Waals surface area contributed by atoms with Crippen molar-refractivity contribution in [1.29, 1.82) is 0 Å². The molecular formula is C19H35N5O7. The van der Waals surface area contributed by atoms with Crippen molar-refractivity contribution in [1.82, 2.24) is 16.0 Å². The van der Waals surface area contributed by atoms with Gasteiger partial charge in [-0.2, -0.15) is 0 Å². The average Bonchev–Trinajstić information content (AvgIpc) is 2.68. The van der Waals surface area contributed by atoms with Crippen molar-refractivity contribution in [3.63, 3.8) is 0 Å². The van der Waals surface area contributed by atoms with E-state index in [0.29, 0.717) is 19.4 Å². The SMILES string of the molecule is CC(C)CC(NC(=O)CNC(=O)C(N)CCC(=O)O)C(=O)NC(CCCCN)C(=O)O. The Bertz CT molecular complexity index is 627. The van der Waals surface area contributed by atoms with Gasteiger partial charge in [0.2, 0.25) is 17.7 Å². The van der Waals surface area contributed by atoms with Crippen LogP contribution >= 0.6 is 0 Å². The maximum absolute atomic E-state index is 12.6. The minimum absolute atomic E-state index is 0.0237. The van der Waals surface area contributed by atoms with Crippen LogP contribution in [0.1, 0.15) is 52.4 Å². The molecule has 12 heteroatoms. The summed E-state index contributed by atoms with van der Waals surface area (Å²) in [7, 11) is 0. The second-order valence-corrected chi connectivity index (χ2v) is 7.69. The summed E-state index contributed by atoms with van der Waals surface area (Å²) in [4.78, 5) is 58.5. The normalized spacial score (nSPS) is 13.7. The van der Waals surface area contributed by atoms with Gasteiger partial charge < -0.3 is 37.6 Å². The average molecular weight is 446 g/mol. The van der Waals surface area contributed by atoms with E-state index >= 15 is 0 Å². The van der Waals surface area contributed by atoms with Crippen molar-refractivity contribution in [2.75, 3.05) is 13.1 Å². The van der Waals surface area contributed by atoms with Gasteiger partial charge in [0, 0.05) is 6.42 Å². The Morgan fingerprint density at radius 3 is 2.06 bits per heavy atom. The molecule has 9 N–H and O–H groups in total. The van der Waals surface area contributed by atoms with Gasteiger partial charge in [-0.15, -0.1) is 0 Å². The molecule has 3 atom stereocenters. The van der Waals surface area contributed by atoms with Crippen LogP contribution in [-0.4, -0.2) is 71.1 Å². The lowest BCUT2D eigenvalue weighted by molar-refractivity contribution is -0.142. The van der Waals surface area contributed by atoms with E-state index in [-0.39, 0.29) is 31.6 Å². The van der Waals surface area contributed by atoms with Crippen molar-refractivity contribution in [3.8, 4) is 0 Å². The monoisotopic (exact) mass is 445 g/mol. The van der Waals surface area contributed by atoms with Gasteiger partial charge in [-0.05, 0) is 44.6 Å². The zero-order valence-electron chi connectivity index (χ0n) is 18.1. The van der Waals surface area contributed by atoms with Gasteiger partial charge in [0.1, 0.15) is 12.1 Å². The lowest BCUT2D eigenvalue weighted by Gasteiger charge is -2.23.